The first-order valence-corrected chi connectivity index (χ1v) is 8.88. The number of carbonyl (C=O) groups is 1. The molecule has 0 aliphatic carbocycles. The van der Waals surface area contributed by atoms with Crippen LogP contribution >= 0.6 is 0 Å². The van der Waals surface area contributed by atoms with Crippen LogP contribution < -0.4 is 5.32 Å². The summed E-state index contributed by atoms with van der Waals surface area (Å²) in [7, 11) is 0. The second kappa shape index (κ2) is 6.40. The molecule has 3 saturated heterocycles. The molecule has 3 aliphatic heterocycles. The summed E-state index contributed by atoms with van der Waals surface area (Å²) in [6.07, 6.45) is 4.56. The summed E-state index contributed by atoms with van der Waals surface area (Å²) < 4.78 is 0. The van der Waals surface area contributed by atoms with Gasteiger partial charge in [-0.15, -0.1) is 6.58 Å². The van der Waals surface area contributed by atoms with Gasteiger partial charge in [0.05, 0.1) is 0 Å². The lowest BCUT2D eigenvalue weighted by Crippen LogP contribution is -2.56. The van der Waals surface area contributed by atoms with Crippen LogP contribution in [0.1, 0.15) is 23.2 Å². The molecule has 3 aliphatic rings. The van der Waals surface area contributed by atoms with Gasteiger partial charge in [0.15, 0.2) is 0 Å². The van der Waals surface area contributed by atoms with Gasteiger partial charge in [0.25, 0.3) is 5.91 Å². The SMILES string of the molecule is C=CC1CN2CCC1CC2CNC(=O)c1ccc2ccccc2c1. The van der Waals surface area contributed by atoms with Crippen molar-refractivity contribution in [1.29, 1.82) is 0 Å². The molecule has 0 aromatic heterocycles. The molecule has 4 unspecified atom stereocenters. The maximum absolute atomic E-state index is 12.5. The number of piperidine rings is 3. The number of nitrogens with zero attached hydrogens (tertiary/aromatic N) is 1. The molecule has 5 rings (SSSR count). The normalized spacial score (nSPS) is 28.7. The van der Waals surface area contributed by atoms with Crippen LogP contribution in [0.3, 0.4) is 0 Å². The van der Waals surface area contributed by atoms with E-state index in [4.69, 9.17) is 0 Å². The molecular formula is C21H24N2O. The highest BCUT2D eigenvalue weighted by Gasteiger charge is 2.38. The first kappa shape index (κ1) is 15.4. The molecule has 3 fully saturated rings. The van der Waals surface area contributed by atoms with Gasteiger partial charge in [-0.1, -0.05) is 36.4 Å². The van der Waals surface area contributed by atoms with E-state index >= 15 is 0 Å². The molecule has 1 N–H and O–H groups in total. The Hall–Kier alpha value is -2.13. The second-order valence-electron chi connectivity index (χ2n) is 7.10. The Morgan fingerprint density at radius 1 is 1.25 bits per heavy atom. The summed E-state index contributed by atoms with van der Waals surface area (Å²) in [5, 5.41) is 5.42. The maximum atomic E-state index is 12.5. The lowest BCUT2D eigenvalue weighted by molar-refractivity contribution is 0.0195. The van der Waals surface area contributed by atoms with Gasteiger partial charge < -0.3 is 5.32 Å². The van der Waals surface area contributed by atoms with Crippen LogP contribution in [-0.2, 0) is 0 Å². The topological polar surface area (TPSA) is 32.3 Å². The fourth-order valence-electron chi connectivity index (χ4n) is 4.30. The van der Waals surface area contributed by atoms with Crippen molar-refractivity contribution in [2.75, 3.05) is 19.6 Å². The summed E-state index contributed by atoms with van der Waals surface area (Å²) in [5.74, 6) is 1.41. The van der Waals surface area contributed by atoms with Gasteiger partial charge in [0.2, 0.25) is 0 Å². The van der Waals surface area contributed by atoms with E-state index in [-0.39, 0.29) is 5.91 Å². The largest absolute Gasteiger partial charge is 0.350 e. The number of fused-ring (bicyclic) bond motifs is 4. The van der Waals surface area contributed by atoms with Gasteiger partial charge in [-0.3, -0.25) is 9.69 Å². The first-order valence-electron chi connectivity index (χ1n) is 8.88. The van der Waals surface area contributed by atoms with E-state index in [1.165, 1.54) is 18.2 Å². The molecule has 4 atom stereocenters. The molecule has 0 spiro atoms. The van der Waals surface area contributed by atoms with Gasteiger partial charge in [-0.05, 0) is 54.1 Å². The summed E-state index contributed by atoms with van der Waals surface area (Å²) >= 11 is 0. The summed E-state index contributed by atoms with van der Waals surface area (Å²) in [4.78, 5) is 15.0. The fourth-order valence-corrected chi connectivity index (χ4v) is 4.30. The van der Waals surface area contributed by atoms with Gasteiger partial charge in [-0.2, -0.15) is 0 Å². The Morgan fingerprint density at radius 2 is 2.08 bits per heavy atom. The molecule has 2 bridgehead atoms. The third kappa shape index (κ3) is 2.84. The molecular weight excluding hydrogens is 296 g/mol. The van der Waals surface area contributed by atoms with Gasteiger partial charge in [0.1, 0.15) is 0 Å². The standard InChI is InChI=1S/C21H24N2O/c1-2-15-14-23-10-9-18(15)12-20(23)13-22-21(24)19-8-7-16-5-3-4-6-17(16)11-19/h2-8,11,15,18,20H,1,9-10,12-14H2,(H,22,24). The molecule has 0 radical (unpaired) electrons. The number of nitrogens with one attached hydrogen (secondary N) is 1. The number of carbonyl (C=O) groups excluding carboxylic acids is 1. The van der Waals surface area contributed by atoms with Crippen molar-refractivity contribution in [2.45, 2.75) is 18.9 Å². The zero-order valence-corrected chi connectivity index (χ0v) is 13.9. The van der Waals surface area contributed by atoms with Crippen molar-refractivity contribution >= 4 is 16.7 Å². The third-order valence-electron chi connectivity index (χ3n) is 5.74. The molecule has 3 heterocycles. The monoisotopic (exact) mass is 320 g/mol. The van der Waals surface area contributed by atoms with Gasteiger partial charge in [0, 0.05) is 24.7 Å². The minimum atomic E-state index is 0.0312. The predicted octanol–water partition coefficient (Wildman–Crippen LogP) is 3.47. The van der Waals surface area contributed by atoms with Crippen LogP contribution in [0, 0.1) is 11.8 Å². The van der Waals surface area contributed by atoms with E-state index < -0.39 is 0 Å². The van der Waals surface area contributed by atoms with Gasteiger partial charge in [-0.25, -0.2) is 0 Å². The molecule has 2 aromatic carbocycles. The highest BCUT2D eigenvalue weighted by atomic mass is 16.1. The lowest BCUT2D eigenvalue weighted by Gasteiger charge is -2.49. The van der Waals surface area contributed by atoms with Crippen molar-refractivity contribution in [1.82, 2.24) is 10.2 Å². The molecule has 24 heavy (non-hydrogen) atoms. The quantitative estimate of drug-likeness (QED) is 0.875. The van der Waals surface area contributed by atoms with E-state index in [1.54, 1.807) is 0 Å². The highest BCUT2D eigenvalue weighted by Crippen LogP contribution is 2.36. The Morgan fingerprint density at radius 3 is 2.83 bits per heavy atom. The Balaban J connectivity index is 1.40. The van der Waals surface area contributed by atoms with Crippen molar-refractivity contribution in [2.24, 2.45) is 11.8 Å². The van der Waals surface area contributed by atoms with Crippen molar-refractivity contribution in [3.05, 3.63) is 60.7 Å². The molecule has 3 heteroatoms. The minimum Gasteiger partial charge on any atom is -0.350 e. The fraction of sp³-hybridized carbons (Fsp3) is 0.381. The second-order valence-corrected chi connectivity index (χ2v) is 7.10. The Labute approximate surface area is 143 Å². The zero-order valence-electron chi connectivity index (χ0n) is 13.9. The van der Waals surface area contributed by atoms with Crippen molar-refractivity contribution in [3.8, 4) is 0 Å². The van der Waals surface area contributed by atoms with E-state index in [0.717, 1.165) is 36.5 Å². The zero-order chi connectivity index (χ0) is 16.5. The molecule has 0 saturated carbocycles. The number of hydrogen-bond donors (Lipinski definition) is 1. The Kier molecular flexibility index (Phi) is 4.11. The number of rotatable bonds is 4. The van der Waals surface area contributed by atoms with Crippen LogP contribution in [0.2, 0.25) is 0 Å². The van der Waals surface area contributed by atoms with E-state index in [0.29, 0.717) is 12.0 Å². The van der Waals surface area contributed by atoms with Crippen LogP contribution in [0.15, 0.2) is 55.1 Å². The van der Waals surface area contributed by atoms with Crippen molar-refractivity contribution in [3.63, 3.8) is 0 Å². The maximum Gasteiger partial charge on any atom is 0.251 e. The lowest BCUT2D eigenvalue weighted by atomic mass is 9.75. The number of amides is 1. The molecule has 3 nitrogen and oxygen atoms in total. The minimum absolute atomic E-state index is 0.0312. The van der Waals surface area contributed by atoms with E-state index in [9.17, 15) is 4.79 Å². The molecule has 2 aromatic rings. The van der Waals surface area contributed by atoms with E-state index in [1.807, 2.05) is 36.4 Å². The number of benzene rings is 2. The average Bonchev–Trinajstić information content (AvgIpc) is 2.66. The van der Waals surface area contributed by atoms with Crippen LogP contribution in [0.4, 0.5) is 0 Å². The third-order valence-corrected chi connectivity index (χ3v) is 5.74. The van der Waals surface area contributed by atoms with Crippen LogP contribution in [0.25, 0.3) is 10.8 Å². The smallest absolute Gasteiger partial charge is 0.251 e. The van der Waals surface area contributed by atoms with Crippen LogP contribution in [-0.4, -0.2) is 36.5 Å². The Bertz CT molecular complexity index is 769. The summed E-state index contributed by atoms with van der Waals surface area (Å²) in [5.41, 5.74) is 0.744. The number of hydrogen-bond acceptors (Lipinski definition) is 2. The van der Waals surface area contributed by atoms with Crippen molar-refractivity contribution < 1.29 is 4.79 Å². The molecule has 1 amide bonds. The summed E-state index contributed by atoms with van der Waals surface area (Å²) in [6, 6.07) is 14.5. The van der Waals surface area contributed by atoms with E-state index in [2.05, 4.69) is 28.9 Å². The predicted molar refractivity (Wildman–Crippen MR) is 98.1 cm³/mol. The first-order chi connectivity index (χ1) is 11.7. The summed E-state index contributed by atoms with van der Waals surface area (Å²) in [6.45, 7) is 6.97. The van der Waals surface area contributed by atoms with Crippen LogP contribution in [0.5, 0.6) is 0 Å². The average molecular weight is 320 g/mol. The molecule has 124 valence electrons. The highest BCUT2D eigenvalue weighted by molar-refractivity contribution is 5.98. The van der Waals surface area contributed by atoms with Gasteiger partial charge >= 0.3 is 0 Å².